The van der Waals surface area contributed by atoms with Gasteiger partial charge in [0.15, 0.2) is 5.69 Å². The van der Waals surface area contributed by atoms with Crippen molar-refractivity contribution in [3.63, 3.8) is 0 Å². The topological polar surface area (TPSA) is 82.6 Å². The van der Waals surface area contributed by atoms with Crippen molar-refractivity contribution in [1.29, 1.82) is 0 Å². The molecule has 1 aliphatic rings. The number of rotatable bonds is 4. The first-order chi connectivity index (χ1) is 11.2. The summed E-state index contributed by atoms with van der Waals surface area (Å²) in [5.74, 6) is -0.337. The molecule has 0 radical (unpaired) electrons. The summed E-state index contributed by atoms with van der Waals surface area (Å²) in [5.41, 5.74) is 5.70. The number of morpholine rings is 1. The van der Waals surface area contributed by atoms with Crippen molar-refractivity contribution in [2.45, 2.75) is 6.92 Å². The molecule has 0 bridgehead atoms. The number of aryl methyl sites for hydroxylation is 1. The average Bonchev–Trinajstić information content (AvgIpc) is 3.03. The third-order valence-electron chi connectivity index (χ3n) is 3.59. The summed E-state index contributed by atoms with van der Waals surface area (Å²) in [6.45, 7) is 5.19. The Kier molecular flexibility index (Phi) is 4.68. The van der Waals surface area contributed by atoms with Gasteiger partial charge in [-0.1, -0.05) is 12.1 Å². The van der Waals surface area contributed by atoms with Crippen LogP contribution in [-0.4, -0.2) is 48.6 Å². The number of carbonyl (C=O) groups is 1. The van der Waals surface area contributed by atoms with E-state index >= 15 is 0 Å². The van der Waals surface area contributed by atoms with Gasteiger partial charge >= 0.3 is 0 Å². The molecule has 1 aromatic carbocycles. The second-order valence-corrected chi connectivity index (χ2v) is 5.33. The molecular formula is C16H19N5O2. The largest absolute Gasteiger partial charge is 0.378 e. The number of hydrogen-bond donors (Lipinski definition) is 2. The van der Waals surface area contributed by atoms with Gasteiger partial charge in [-0.15, -0.1) is 0 Å². The third kappa shape index (κ3) is 3.95. The Bertz CT molecular complexity index is 687. The minimum absolute atomic E-state index is 0.322. The Morgan fingerprint density at radius 2 is 2.09 bits per heavy atom. The first kappa shape index (κ1) is 15.2. The molecule has 2 heterocycles. The zero-order chi connectivity index (χ0) is 16.1. The predicted molar refractivity (Wildman–Crippen MR) is 87.9 cm³/mol. The summed E-state index contributed by atoms with van der Waals surface area (Å²) in [6, 6.07) is 9.71. The number of amides is 1. The van der Waals surface area contributed by atoms with Gasteiger partial charge in [-0.3, -0.25) is 9.89 Å². The Morgan fingerprint density at radius 1 is 1.35 bits per heavy atom. The summed E-state index contributed by atoms with van der Waals surface area (Å²) < 4.78 is 5.35. The molecule has 1 amide bonds. The van der Waals surface area contributed by atoms with Crippen molar-refractivity contribution in [2.75, 3.05) is 31.2 Å². The van der Waals surface area contributed by atoms with Crippen molar-refractivity contribution in [3.8, 4) is 0 Å². The van der Waals surface area contributed by atoms with Crippen molar-refractivity contribution in [1.82, 2.24) is 15.6 Å². The molecule has 0 aliphatic carbocycles. The number of ether oxygens (including phenoxy) is 1. The van der Waals surface area contributed by atoms with Crippen molar-refractivity contribution >= 4 is 17.8 Å². The standard InChI is InChI=1S/C16H19N5O2/c1-12-10-15(19-18-12)16(22)20-17-11-13-2-4-14(5-3-13)21-6-8-23-9-7-21/h2-5,10-11H,6-9H2,1H3,(H,18,19)(H,20,22). The Balaban J connectivity index is 1.56. The molecule has 2 N–H and O–H groups in total. The van der Waals surface area contributed by atoms with E-state index in [-0.39, 0.29) is 5.91 Å². The van der Waals surface area contributed by atoms with E-state index in [1.165, 1.54) is 5.69 Å². The van der Waals surface area contributed by atoms with Crippen LogP contribution < -0.4 is 10.3 Å². The van der Waals surface area contributed by atoms with Gasteiger partial charge in [-0.05, 0) is 30.7 Å². The normalized spacial score (nSPS) is 15.1. The number of aromatic amines is 1. The Hall–Kier alpha value is -2.67. The maximum Gasteiger partial charge on any atom is 0.291 e. The van der Waals surface area contributed by atoms with Crippen LogP contribution in [0, 0.1) is 6.92 Å². The number of carbonyl (C=O) groups excluding carboxylic acids is 1. The van der Waals surface area contributed by atoms with Gasteiger partial charge in [-0.2, -0.15) is 10.2 Å². The fourth-order valence-corrected chi connectivity index (χ4v) is 2.35. The molecule has 120 valence electrons. The average molecular weight is 313 g/mol. The van der Waals surface area contributed by atoms with Crippen LogP contribution in [0.3, 0.4) is 0 Å². The molecule has 0 spiro atoms. The van der Waals surface area contributed by atoms with Gasteiger partial charge in [0.25, 0.3) is 5.91 Å². The molecule has 1 fully saturated rings. The highest BCUT2D eigenvalue weighted by molar-refractivity contribution is 5.93. The highest BCUT2D eigenvalue weighted by Gasteiger charge is 2.10. The van der Waals surface area contributed by atoms with Crippen LogP contribution in [0.2, 0.25) is 0 Å². The van der Waals surface area contributed by atoms with E-state index in [0.717, 1.165) is 37.6 Å². The highest BCUT2D eigenvalue weighted by Crippen LogP contribution is 2.15. The Morgan fingerprint density at radius 3 is 2.74 bits per heavy atom. The Labute approximate surface area is 134 Å². The van der Waals surface area contributed by atoms with E-state index < -0.39 is 0 Å². The monoisotopic (exact) mass is 313 g/mol. The molecule has 0 saturated carbocycles. The number of anilines is 1. The van der Waals surface area contributed by atoms with E-state index in [1.54, 1.807) is 12.3 Å². The summed E-state index contributed by atoms with van der Waals surface area (Å²) in [7, 11) is 0. The van der Waals surface area contributed by atoms with Crippen LogP contribution in [0.4, 0.5) is 5.69 Å². The van der Waals surface area contributed by atoms with Crippen LogP contribution in [-0.2, 0) is 4.74 Å². The van der Waals surface area contributed by atoms with Gasteiger partial charge in [0.05, 0.1) is 19.4 Å². The summed E-state index contributed by atoms with van der Waals surface area (Å²) in [6.07, 6.45) is 1.61. The zero-order valence-corrected chi connectivity index (χ0v) is 13.0. The van der Waals surface area contributed by atoms with Crippen LogP contribution in [0.1, 0.15) is 21.7 Å². The SMILES string of the molecule is Cc1cc(C(=O)NN=Cc2ccc(N3CCOCC3)cc2)n[nH]1. The molecule has 1 saturated heterocycles. The predicted octanol–water partition coefficient (Wildman–Crippen LogP) is 1.32. The third-order valence-corrected chi connectivity index (χ3v) is 3.59. The molecule has 1 aromatic heterocycles. The van der Waals surface area contributed by atoms with Gasteiger partial charge in [-0.25, -0.2) is 5.43 Å². The number of nitrogens with zero attached hydrogens (tertiary/aromatic N) is 3. The smallest absolute Gasteiger partial charge is 0.291 e. The van der Waals surface area contributed by atoms with Crippen molar-refractivity contribution in [2.24, 2.45) is 5.10 Å². The van der Waals surface area contributed by atoms with Crippen LogP contribution >= 0.6 is 0 Å². The maximum atomic E-state index is 11.8. The van der Waals surface area contributed by atoms with Crippen molar-refractivity contribution < 1.29 is 9.53 Å². The van der Waals surface area contributed by atoms with Gasteiger partial charge < -0.3 is 9.64 Å². The van der Waals surface area contributed by atoms with E-state index in [9.17, 15) is 4.79 Å². The number of benzene rings is 1. The maximum absolute atomic E-state index is 11.8. The second-order valence-electron chi connectivity index (χ2n) is 5.33. The highest BCUT2D eigenvalue weighted by atomic mass is 16.5. The number of hydrazone groups is 1. The summed E-state index contributed by atoms with van der Waals surface area (Å²) in [5, 5.41) is 10.6. The van der Waals surface area contributed by atoms with Crippen LogP contribution in [0.5, 0.6) is 0 Å². The van der Waals surface area contributed by atoms with Gasteiger partial charge in [0.2, 0.25) is 0 Å². The van der Waals surface area contributed by atoms with Gasteiger partial charge in [0.1, 0.15) is 0 Å². The zero-order valence-electron chi connectivity index (χ0n) is 13.0. The molecule has 0 unspecified atom stereocenters. The lowest BCUT2D eigenvalue weighted by Gasteiger charge is -2.28. The summed E-state index contributed by atoms with van der Waals surface area (Å²) in [4.78, 5) is 14.1. The van der Waals surface area contributed by atoms with E-state index in [0.29, 0.717) is 5.69 Å². The molecule has 3 rings (SSSR count). The van der Waals surface area contributed by atoms with E-state index in [1.807, 2.05) is 31.2 Å². The first-order valence-electron chi connectivity index (χ1n) is 7.50. The fraction of sp³-hybridized carbons (Fsp3) is 0.312. The van der Waals surface area contributed by atoms with Crippen LogP contribution in [0.15, 0.2) is 35.4 Å². The quantitative estimate of drug-likeness (QED) is 0.659. The lowest BCUT2D eigenvalue weighted by molar-refractivity contribution is 0.0950. The molecule has 7 nitrogen and oxygen atoms in total. The van der Waals surface area contributed by atoms with Crippen molar-refractivity contribution in [3.05, 3.63) is 47.3 Å². The number of nitrogens with one attached hydrogen (secondary N) is 2. The molecule has 23 heavy (non-hydrogen) atoms. The molecule has 1 aliphatic heterocycles. The van der Waals surface area contributed by atoms with Crippen LogP contribution in [0.25, 0.3) is 0 Å². The first-order valence-corrected chi connectivity index (χ1v) is 7.50. The second kappa shape index (κ2) is 7.06. The molecule has 7 heteroatoms. The molecule has 0 atom stereocenters. The van der Waals surface area contributed by atoms with E-state index in [4.69, 9.17) is 4.74 Å². The number of hydrogen-bond acceptors (Lipinski definition) is 5. The number of H-pyrrole nitrogens is 1. The van der Waals surface area contributed by atoms with Gasteiger partial charge in [0, 0.05) is 24.5 Å². The number of aromatic nitrogens is 2. The molecular weight excluding hydrogens is 294 g/mol. The van der Waals surface area contributed by atoms with E-state index in [2.05, 4.69) is 25.6 Å². The molecule has 2 aromatic rings. The fourth-order valence-electron chi connectivity index (χ4n) is 2.35. The summed E-state index contributed by atoms with van der Waals surface area (Å²) >= 11 is 0. The lowest BCUT2D eigenvalue weighted by Crippen LogP contribution is -2.36. The lowest BCUT2D eigenvalue weighted by atomic mass is 10.2. The minimum Gasteiger partial charge on any atom is -0.378 e. The minimum atomic E-state index is -0.337.